The number of rotatable bonds is 6. The lowest BCUT2D eigenvalue weighted by Crippen LogP contribution is -2.52. The van der Waals surface area contributed by atoms with Gasteiger partial charge in [-0.1, -0.05) is 19.1 Å². The van der Waals surface area contributed by atoms with E-state index in [1.807, 2.05) is 31.3 Å². The van der Waals surface area contributed by atoms with Gasteiger partial charge in [-0.3, -0.25) is 9.79 Å². The predicted octanol–water partition coefficient (Wildman–Crippen LogP) is 1.40. The maximum atomic E-state index is 11.8. The third-order valence-corrected chi connectivity index (χ3v) is 5.76. The summed E-state index contributed by atoms with van der Waals surface area (Å²) in [5.74, 6) is 1.78. The summed E-state index contributed by atoms with van der Waals surface area (Å²) in [5, 5.41) is 7.13. The van der Waals surface area contributed by atoms with Gasteiger partial charge in [0.1, 0.15) is 5.82 Å². The second kappa shape index (κ2) is 10.2. The van der Waals surface area contributed by atoms with E-state index < -0.39 is 0 Å². The minimum atomic E-state index is -0.0602. The van der Waals surface area contributed by atoms with Gasteiger partial charge in [-0.25, -0.2) is 4.98 Å². The molecule has 1 saturated heterocycles. The Hall–Kier alpha value is -2.68. The molecule has 0 bridgehead atoms. The molecule has 29 heavy (non-hydrogen) atoms. The Labute approximate surface area is 176 Å². The molecule has 0 spiro atoms. The molecule has 1 amide bonds. The van der Waals surface area contributed by atoms with Crippen LogP contribution in [0.15, 0.2) is 29.3 Å². The Balaban J connectivity index is 1.48. The molecule has 0 atom stereocenters. The van der Waals surface area contributed by atoms with Crippen LogP contribution < -0.4 is 15.5 Å². The fourth-order valence-electron chi connectivity index (χ4n) is 3.29. The molecule has 3 rings (SSSR count). The number of aryl methyl sites for hydroxylation is 1. The molecule has 0 unspecified atom stereocenters. The molecule has 0 saturated carbocycles. The number of piperazine rings is 1. The monoisotopic (exact) mass is 415 g/mol. The number of anilines is 1. The van der Waals surface area contributed by atoms with Crippen molar-refractivity contribution in [2.45, 2.75) is 19.8 Å². The third kappa shape index (κ3) is 5.44. The van der Waals surface area contributed by atoms with Crippen molar-refractivity contribution in [1.29, 1.82) is 0 Å². The van der Waals surface area contributed by atoms with Gasteiger partial charge in [0.05, 0.1) is 0 Å². The van der Waals surface area contributed by atoms with E-state index in [9.17, 15) is 4.79 Å². The molecule has 1 fully saturated rings. The van der Waals surface area contributed by atoms with Gasteiger partial charge < -0.3 is 20.4 Å². The highest BCUT2D eigenvalue weighted by atomic mass is 32.1. The highest BCUT2D eigenvalue weighted by Crippen LogP contribution is 2.19. The number of hydrogen-bond donors (Lipinski definition) is 2. The lowest BCUT2D eigenvalue weighted by atomic mass is 10.1. The lowest BCUT2D eigenvalue weighted by Gasteiger charge is -2.36. The fraction of sp³-hybridized carbons (Fsp3) is 0.500. The SMILES string of the molecule is CCc1nsc(N2CCN(C(=NC)NCCc3cccc(C(=O)NC)c3)CC2)n1. The van der Waals surface area contributed by atoms with E-state index >= 15 is 0 Å². The molecule has 1 aromatic heterocycles. The number of amides is 1. The standard InChI is InChI=1S/C20H29N7OS/c1-4-17-24-20(29-25-17)27-12-10-26(11-13-27)19(22-3)23-9-8-15-6-5-7-16(14-15)18(28)21-2/h5-7,14H,4,8-13H2,1-3H3,(H,21,28)(H,22,23). The van der Waals surface area contributed by atoms with Crippen LogP contribution in [0.25, 0.3) is 0 Å². The first-order valence-electron chi connectivity index (χ1n) is 9.98. The van der Waals surface area contributed by atoms with Crippen LogP contribution in [0.5, 0.6) is 0 Å². The van der Waals surface area contributed by atoms with Crippen LogP contribution in [0.3, 0.4) is 0 Å². The highest BCUT2D eigenvalue weighted by Gasteiger charge is 2.21. The third-order valence-electron chi connectivity index (χ3n) is 4.95. The number of carbonyl (C=O) groups is 1. The van der Waals surface area contributed by atoms with Gasteiger partial charge in [-0.05, 0) is 24.1 Å². The molecule has 0 aliphatic carbocycles. The van der Waals surface area contributed by atoms with Crippen molar-refractivity contribution >= 4 is 28.5 Å². The zero-order chi connectivity index (χ0) is 20.6. The first-order valence-corrected chi connectivity index (χ1v) is 10.8. The van der Waals surface area contributed by atoms with Crippen molar-refractivity contribution in [1.82, 2.24) is 24.9 Å². The number of nitrogens with zero attached hydrogens (tertiary/aromatic N) is 5. The summed E-state index contributed by atoms with van der Waals surface area (Å²) in [4.78, 5) is 25.4. The number of guanidine groups is 1. The summed E-state index contributed by atoms with van der Waals surface area (Å²) >= 11 is 1.48. The van der Waals surface area contributed by atoms with Crippen LogP contribution in [0.2, 0.25) is 0 Å². The molecule has 2 heterocycles. The molecule has 1 aromatic carbocycles. The summed E-state index contributed by atoms with van der Waals surface area (Å²) in [6.07, 6.45) is 1.70. The predicted molar refractivity (Wildman–Crippen MR) is 118 cm³/mol. The number of carbonyl (C=O) groups excluding carboxylic acids is 1. The van der Waals surface area contributed by atoms with Crippen LogP contribution >= 0.6 is 11.5 Å². The van der Waals surface area contributed by atoms with Gasteiger partial charge in [0.15, 0.2) is 5.96 Å². The van der Waals surface area contributed by atoms with Crippen LogP contribution in [0, 0.1) is 0 Å². The Morgan fingerprint density at radius 3 is 2.72 bits per heavy atom. The van der Waals surface area contributed by atoms with Crippen LogP contribution in [-0.4, -0.2) is 72.9 Å². The average molecular weight is 416 g/mol. The molecular weight excluding hydrogens is 386 g/mol. The quantitative estimate of drug-likeness (QED) is 0.548. The normalized spacial score (nSPS) is 14.8. The molecule has 156 valence electrons. The summed E-state index contributed by atoms with van der Waals surface area (Å²) in [6.45, 7) is 6.45. The molecular formula is C20H29N7OS. The minimum absolute atomic E-state index is 0.0602. The van der Waals surface area contributed by atoms with E-state index in [0.717, 1.165) is 68.0 Å². The molecule has 2 N–H and O–H groups in total. The van der Waals surface area contributed by atoms with Crippen molar-refractivity contribution in [2.24, 2.45) is 4.99 Å². The number of aromatic nitrogens is 2. The smallest absolute Gasteiger partial charge is 0.251 e. The number of benzene rings is 1. The van der Waals surface area contributed by atoms with E-state index in [4.69, 9.17) is 0 Å². The van der Waals surface area contributed by atoms with E-state index in [2.05, 4.69) is 41.7 Å². The van der Waals surface area contributed by atoms with Crippen molar-refractivity contribution in [3.63, 3.8) is 0 Å². The fourth-order valence-corrected chi connectivity index (χ4v) is 4.09. The van der Waals surface area contributed by atoms with Crippen LogP contribution in [0.1, 0.15) is 28.7 Å². The summed E-state index contributed by atoms with van der Waals surface area (Å²) in [7, 11) is 3.47. The second-order valence-electron chi connectivity index (χ2n) is 6.82. The van der Waals surface area contributed by atoms with Gasteiger partial charge in [-0.2, -0.15) is 4.37 Å². The van der Waals surface area contributed by atoms with Crippen molar-refractivity contribution in [3.8, 4) is 0 Å². The van der Waals surface area contributed by atoms with Crippen molar-refractivity contribution in [3.05, 3.63) is 41.2 Å². The van der Waals surface area contributed by atoms with Gasteiger partial charge in [0, 0.05) is 70.3 Å². The minimum Gasteiger partial charge on any atom is -0.356 e. The number of aliphatic imine (C=N–C) groups is 1. The molecule has 1 aliphatic rings. The maximum Gasteiger partial charge on any atom is 0.251 e. The first-order chi connectivity index (χ1) is 14.1. The Morgan fingerprint density at radius 2 is 2.07 bits per heavy atom. The molecule has 9 heteroatoms. The zero-order valence-electron chi connectivity index (χ0n) is 17.3. The number of hydrogen-bond acceptors (Lipinski definition) is 6. The number of nitrogens with one attached hydrogen (secondary N) is 2. The first kappa shape index (κ1) is 21.0. The zero-order valence-corrected chi connectivity index (χ0v) is 18.1. The second-order valence-corrected chi connectivity index (χ2v) is 7.55. The highest BCUT2D eigenvalue weighted by molar-refractivity contribution is 7.09. The van der Waals surface area contributed by atoms with Gasteiger partial charge in [-0.15, -0.1) is 0 Å². The van der Waals surface area contributed by atoms with E-state index in [-0.39, 0.29) is 5.91 Å². The van der Waals surface area contributed by atoms with Gasteiger partial charge >= 0.3 is 0 Å². The average Bonchev–Trinajstić information content (AvgIpc) is 3.26. The molecule has 2 aromatic rings. The topological polar surface area (TPSA) is 85.8 Å². The molecule has 8 nitrogen and oxygen atoms in total. The molecule has 0 radical (unpaired) electrons. The summed E-state index contributed by atoms with van der Waals surface area (Å²) < 4.78 is 4.39. The van der Waals surface area contributed by atoms with Crippen LogP contribution in [0.4, 0.5) is 5.13 Å². The molecule has 1 aliphatic heterocycles. The van der Waals surface area contributed by atoms with Crippen molar-refractivity contribution in [2.75, 3.05) is 51.7 Å². The maximum absolute atomic E-state index is 11.8. The van der Waals surface area contributed by atoms with Crippen LogP contribution in [-0.2, 0) is 12.8 Å². The summed E-state index contributed by atoms with van der Waals surface area (Å²) in [5.41, 5.74) is 1.82. The van der Waals surface area contributed by atoms with E-state index in [0.29, 0.717) is 5.56 Å². The Bertz CT molecular complexity index is 843. The van der Waals surface area contributed by atoms with Gasteiger partial charge in [0.2, 0.25) is 5.13 Å². The lowest BCUT2D eigenvalue weighted by molar-refractivity contribution is 0.0963. The van der Waals surface area contributed by atoms with E-state index in [1.54, 1.807) is 7.05 Å². The Morgan fingerprint density at radius 1 is 1.28 bits per heavy atom. The van der Waals surface area contributed by atoms with Gasteiger partial charge in [0.25, 0.3) is 5.91 Å². The largest absolute Gasteiger partial charge is 0.356 e. The summed E-state index contributed by atoms with van der Waals surface area (Å²) in [6, 6.07) is 7.73. The Kier molecular flexibility index (Phi) is 7.40. The van der Waals surface area contributed by atoms with Crippen molar-refractivity contribution < 1.29 is 4.79 Å². The van der Waals surface area contributed by atoms with E-state index in [1.165, 1.54) is 11.5 Å².